The molecular weight excluding hydrogens is 409 g/mol. The monoisotopic (exact) mass is 420 g/mol. The van der Waals surface area contributed by atoms with E-state index >= 15 is 0 Å². The first kappa shape index (κ1) is 19.0. The lowest BCUT2D eigenvalue weighted by Crippen LogP contribution is -2.18. The number of aromatic nitrogens is 2. The quantitative estimate of drug-likeness (QED) is 0.656. The minimum absolute atomic E-state index is 0.0726. The normalized spacial score (nSPS) is 15.3. The number of alkyl halides is 3. The van der Waals surface area contributed by atoms with Gasteiger partial charge >= 0.3 is 6.18 Å². The van der Waals surface area contributed by atoms with Gasteiger partial charge in [0, 0.05) is 7.05 Å². The molecular formula is C19H12ClF3N4O2. The number of furan rings is 1. The van der Waals surface area contributed by atoms with E-state index in [1.54, 1.807) is 0 Å². The Hall–Kier alpha value is -3.33. The summed E-state index contributed by atoms with van der Waals surface area (Å²) in [6.45, 7) is 0. The molecule has 3 heterocycles. The molecule has 0 bridgehead atoms. The highest BCUT2D eigenvalue weighted by Crippen LogP contribution is 2.40. The first-order valence-electron chi connectivity index (χ1n) is 8.26. The van der Waals surface area contributed by atoms with E-state index in [9.17, 15) is 18.0 Å². The molecule has 0 spiro atoms. The summed E-state index contributed by atoms with van der Waals surface area (Å²) >= 11 is 5.81. The highest BCUT2D eigenvalue weighted by molar-refractivity contribution is 6.29. The fourth-order valence-electron chi connectivity index (χ4n) is 3.12. The third-order valence-corrected chi connectivity index (χ3v) is 4.62. The number of rotatable bonds is 2. The zero-order chi connectivity index (χ0) is 20.9. The van der Waals surface area contributed by atoms with Gasteiger partial charge in [0.25, 0.3) is 5.91 Å². The summed E-state index contributed by atoms with van der Waals surface area (Å²) in [5, 5.41) is 0.0830. The molecule has 10 heteroatoms. The van der Waals surface area contributed by atoms with Gasteiger partial charge in [-0.25, -0.2) is 9.97 Å². The van der Waals surface area contributed by atoms with E-state index < -0.39 is 17.6 Å². The predicted molar refractivity (Wildman–Crippen MR) is 101 cm³/mol. The molecule has 0 aliphatic carbocycles. The number of carbonyl (C=O) groups excluding carboxylic acids is 1. The van der Waals surface area contributed by atoms with Gasteiger partial charge in [0.2, 0.25) is 5.95 Å². The molecule has 4 rings (SSSR count). The van der Waals surface area contributed by atoms with Crippen LogP contribution in [0.1, 0.15) is 27.2 Å². The fourth-order valence-corrected chi connectivity index (χ4v) is 3.26. The van der Waals surface area contributed by atoms with Gasteiger partial charge in [-0.05, 0) is 41.4 Å². The summed E-state index contributed by atoms with van der Waals surface area (Å²) in [5.74, 6) is -0.471. The van der Waals surface area contributed by atoms with Gasteiger partial charge in [-0.15, -0.1) is 0 Å². The molecule has 2 aromatic heterocycles. The van der Waals surface area contributed by atoms with Gasteiger partial charge in [-0.1, -0.05) is 18.2 Å². The van der Waals surface area contributed by atoms with Crippen molar-refractivity contribution >= 4 is 35.2 Å². The van der Waals surface area contributed by atoms with E-state index in [0.717, 1.165) is 6.07 Å². The Kier molecular flexibility index (Phi) is 4.34. The van der Waals surface area contributed by atoms with Crippen molar-refractivity contribution < 1.29 is 22.4 Å². The number of nitrogen functional groups attached to an aromatic ring is 1. The molecule has 0 saturated heterocycles. The summed E-state index contributed by atoms with van der Waals surface area (Å²) in [4.78, 5) is 22.2. The number of hydrogen-bond acceptors (Lipinski definition) is 5. The van der Waals surface area contributed by atoms with Crippen LogP contribution in [-0.4, -0.2) is 27.8 Å². The van der Waals surface area contributed by atoms with Crippen molar-refractivity contribution in [2.75, 3.05) is 12.8 Å². The zero-order valence-corrected chi connectivity index (χ0v) is 15.5. The molecule has 1 amide bonds. The first-order valence-corrected chi connectivity index (χ1v) is 8.64. The third-order valence-electron chi connectivity index (χ3n) is 4.41. The maximum Gasteiger partial charge on any atom is 0.416 e. The molecule has 2 N–H and O–H groups in total. The molecule has 0 atom stereocenters. The van der Waals surface area contributed by atoms with Gasteiger partial charge in [-0.3, -0.25) is 4.79 Å². The predicted octanol–water partition coefficient (Wildman–Crippen LogP) is 4.57. The SMILES string of the molecule is CN1C(=O)c2c(nc(N)nc2-c2ccc(Cl)o2)/C1=C\c1ccccc1C(F)(F)F. The van der Waals surface area contributed by atoms with Crippen molar-refractivity contribution in [2.45, 2.75) is 6.18 Å². The lowest BCUT2D eigenvalue weighted by Gasteiger charge is -2.14. The highest BCUT2D eigenvalue weighted by Gasteiger charge is 2.37. The van der Waals surface area contributed by atoms with Gasteiger partial charge < -0.3 is 15.1 Å². The lowest BCUT2D eigenvalue weighted by atomic mass is 10.0. The average Bonchev–Trinajstić information content (AvgIpc) is 3.18. The molecule has 1 aliphatic rings. The minimum Gasteiger partial charge on any atom is -0.443 e. The lowest BCUT2D eigenvalue weighted by molar-refractivity contribution is -0.137. The molecule has 0 radical (unpaired) electrons. The van der Waals surface area contributed by atoms with Crippen molar-refractivity contribution in [3.05, 3.63) is 64.0 Å². The van der Waals surface area contributed by atoms with Crippen LogP contribution < -0.4 is 5.73 Å². The summed E-state index contributed by atoms with van der Waals surface area (Å²) in [6.07, 6.45) is -3.31. The molecule has 29 heavy (non-hydrogen) atoms. The molecule has 0 saturated carbocycles. The second kappa shape index (κ2) is 6.63. The Labute approximate surface area is 167 Å². The van der Waals surface area contributed by atoms with Crippen LogP contribution in [0.2, 0.25) is 5.22 Å². The number of nitrogens with two attached hydrogens (primary N) is 1. The fraction of sp³-hybridized carbons (Fsp3) is 0.105. The number of fused-ring (bicyclic) bond motifs is 1. The van der Waals surface area contributed by atoms with Crippen LogP contribution in [0.15, 0.2) is 40.8 Å². The van der Waals surface area contributed by atoms with Crippen LogP contribution in [0.4, 0.5) is 19.1 Å². The number of amides is 1. The summed E-state index contributed by atoms with van der Waals surface area (Å²) in [6, 6.07) is 8.03. The number of anilines is 1. The second-order valence-corrected chi connectivity index (χ2v) is 6.61. The molecule has 1 aromatic carbocycles. The van der Waals surface area contributed by atoms with Crippen molar-refractivity contribution in [3.8, 4) is 11.5 Å². The molecule has 0 unspecified atom stereocenters. The molecule has 6 nitrogen and oxygen atoms in total. The number of hydrogen-bond donors (Lipinski definition) is 1. The average molecular weight is 421 g/mol. The Bertz CT molecular complexity index is 1170. The summed E-state index contributed by atoms with van der Waals surface area (Å²) in [5.41, 5.74) is 5.31. The Balaban J connectivity index is 1.94. The van der Waals surface area contributed by atoms with E-state index in [1.165, 1.54) is 48.4 Å². The number of halogens is 4. The Morgan fingerprint density at radius 2 is 1.83 bits per heavy atom. The first-order chi connectivity index (χ1) is 13.7. The third kappa shape index (κ3) is 3.23. The smallest absolute Gasteiger partial charge is 0.416 e. The number of nitrogens with zero attached hydrogens (tertiary/aromatic N) is 3. The van der Waals surface area contributed by atoms with Crippen LogP contribution >= 0.6 is 11.6 Å². The van der Waals surface area contributed by atoms with Gasteiger partial charge in [-0.2, -0.15) is 13.2 Å². The van der Waals surface area contributed by atoms with E-state index in [0.29, 0.717) is 0 Å². The van der Waals surface area contributed by atoms with Crippen molar-refractivity contribution in [3.63, 3.8) is 0 Å². The molecule has 3 aromatic rings. The number of benzene rings is 1. The van der Waals surface area contributed by atoms with Gasteiger partial charge in [0.05, 0.1) is 16.8 Å². The van der Waals surface area contributed by atoms with Crippen LogP contribution in [0.3, 0.4) is 0 Å². The van der Waals surface area contributed by atoms with E-state index in [2.05, 4.69) is 9.97 Å². The van der Waals surface area contributed by atoms with Crippen molar-refractivity contribution in [1.82, 2.24) is 14.9 Å². The van der Waals surface area contributed by atoms with Crippen LogP contribution in [0.25, 0.3) is 23.2 Å². The standard InChI is InChI=1S/C19H12ClF3N4O2/c1-27-11(8-9-4-2-3-5-10(9)19(21,22)23)15-14(17(27)28)16(26-18(24)25-15)12-6-7-13(20)29-12/h2-8H,1H3,(H2,24,25,26)/b11-8+. The maximum atomic E-state index is 13.4. The highest BCUT2D eigenvalue weighted by atomic mass is 35.5. The molecule has 1 aliphatic heterocycles. The maximum absolute atomic E-state index is 13.4. The topological polar surface area (TPSA) is 85.2 Å². The molecule has 148 valence electrons. The zero-order valence-electron chi connectivity index (χ0n) is 14.8. The van der Waals surface area contributed by atoms with Crippen LogP contribution in [0.5, 0.6) is 0 Å². The van der Waals surface area contributed by atoms with E-state index in [1.807, 2.05) is 0 Å². The van der Waals surface area contributed by atoms with Crippen LogP contribution in [-0.2, 0) is 6.18 Å². The van der Waals surface area contributed by atoms with E-state index in [4.69, 9.17) is 21.8 Å². The number of carbonyl (C=O) groups is 1. The Morgan fingerprint density at radius 3 is 2.48 bits per heavy atom. The Morgan fingerprint density at radius 1 is 1.14 bits per heavy atom. The van der Waals surface area contributed by atoms with E-state index in [-0.39, 0.29) is 45.1 Å². The summed E-state index contributed by atoms with van der Waals surface area (Å²) < 4.78 is 45.4. The summed E-state index contributed by atoms with van der Waals surface area (Å²) in [7, 11) is 1.43. The van der Waals surface area contributed by atoms with Crippen LogP contribution in [0, 0.1) is 0 Å². The van der Waals surface area contributed by atoms with Gasteiger partial charge in [0.1, 0.15) is 11.4 Å². The van der Waals surface area contributed by atoms with Gasteiger partial charge in [0.15, 0.2) is 11.0 Å². The molecule has 0 fully saturated rings. The largest absolute Gasteiger partial charge is 0.443 e. The second-order valence-electron chi connectivity index (χ2n) is 6.24. The van der Waals surface area contributed by atoms with Crippen molar-refractivity contribution in [1.29, 1.82) is 0 Å². The minimum atomic E-state index is -4.56. The van der Waals surface area contributed by atoms with Crippen molar-refractivity contribution in [2.24, 2.45) is 0 Å².